The van der Waals surface area contributed by atoms with Crippen molar-refractivity contribution in [2.75, 3.05) is 7.11 Å². The molecular weight excluding hydrogens is 232 g/mol. The molecule has 0 aliphatic heterocycles. The van der Waals surface area contributed by atoms with E-state index >= 15 is 0 Å². The average Bonchev–Trinajstić information content (AvgIpc) is 2.38. The molecule has 0 saturated heterocycles. The number of hydrogen-bond acceptors (Lipinski definition) is 4. The van der Waals surface area contributed by atoms with Gasteiger partial charge in [-0.25, -0.2) is 4.98 Å². The van der Waals surface area contributed by atoms with Crippen LogP contribution in [0.3, 0.4) is 0 Å². The third kappa shape index (κ3) is 2.15. The second-order valence-corrected chi connectivity index (χ2v) is 3.79. The van der Waals surface area contributed by atoms with Crippen LogP contribution in [-0.2, 0) is 0 Å². The minimum absolute atomic E-state index is 0.114. The van der Waals surface area contributed by atoms with Crippen molar-refractivity contribution >= 4 is 5.69 Å². The quantitative estimate of drug-likeness (QED) is 0.615. The van der Waals surface area contributed by atoms with Gasteiger partial charge in [0.15, 0.2) is 0 Å². The zero-order valence-corrected chi connectivity index (χ0v) is 10.1. The van der Waals surface area contributed by atoms with E-state index in [0.29, 0.717) is 11.4 Å². The Hall–Kier alpha value is -2.43. The molecule has 0 bridgehead atoms. The maximum atomic E-state index is 10.9. The van der Waals surface area contributed by atoms with Gasteiger partial charge in [0, 0.05) is 23.9 Å². The summed E-state index contributed by atoms with van der Waals surface area (Å²) in [7, 11) is 1.53. The van der Waals surface area contributed by atoms with E-state index in [9.17, 15) is 10.1 Å². The molecule has 0 N–H and O–H groups in total. The van der Waals surface area contributed by atoms with E-state index in [1.54, 1.807) is 31.3 Å². The van der Waals surface area contributed by atoms with Gasteiger partial charge in [-0.1, -0.05) is 12.1 Å². The summed E-state index contributed by atoms with van der Waals surface area (Å²) >= 11 is 0. The SMILES string of the molecule is COc1cc(-c2cccc([N+](=O)[O-])c2C)ccn1. The molecule has 0 aliphatic carbocycles. The first-order valence-corrected chi connectivity index (χ1v) is 5.38. The summed E-state index contributed by atoms with van der Waals surface area (Å²) in [6.45, 7) is 1.74. The topological polar surface area (TPSA) is 65.3 Å². The molecular formula is C13H12N2O3. The van der Waals surface area contributed by atoms with Crippen LogP contribution in [0.4, 0.5) is 5.69 Å². The maximum absolute atomic E-state index is 10.9. The number of methoxy groups -OCH3 is 1. The first-order valence-electron chi connectivity index (χ1n) is 5.38. The largest absolute Gasteiger partial charge is 0.481 e. The molecule has 5 heteroatoms. The Morgan fingerprint density at radius 2 is 2.11 bits per heavy atom. The Bertz CT molecular complexity index is 597. The van der Waals surface area contributed by atoms with Crippen LogP contribution in [0.1, 0.15) is 5.56 Å². The fourth-order valence-electron chi connectivity index (χ4n) is 1.82. The van der Waals surface area contributed by atoms with Gasteiger partial charge in [-0.3, -0.25) is 10.1 Å². The fourth-order valence-corrected chi connectivity index (χ4v) is 1.82. The number of benzene rings is 1. The van der Waals surface area contributed by atoms with Crippen LogP contribution in [0.5, 0.6) is 5.88 Å². The zero-order valence-electron chi connectivity index (χ0n) is 10.1. The molecule has 1 aromatic carbocycles. The predicted octanol–water partition coefficient (Wildman–Crippen LogP) is 2.97. The van der Waals surface area contributed by atoms with Crippen LogP contribution in [0, 0.1) is 17.0 Å². The molecule has 0 atom stereocenters. The van der Waals surface area contributed by atoms with Gasteiger partial charge >= 0.3 is 0 Å². The summed E-state index contributed by atoms with van der Waals surface area (Å²) in [5, 5.41) is 10.9. The van der Waals surface area contributed by atoms with Gasteiger partial charge < -0.3 is 4.74 Å². The average molecular weight is 244 g/mol. The van der Waals surface area contributed by atoms with Crippen molar-refractivity contribution in [1.82, 2.24) is 4.98 Å². The van der Waals surface area contributed by atoms with Crippen molar-refractivity contribution in [2.45, 2.75) is 6.92 Å². The van der Waals surface area contributed by atoms with Gasteiger partial charge in [0.2, 0.25) is 5.88 Å². The van der Waals surface area contributed by atoms with Crippen LogP contribution in [-0.4, -0.2) is 17.0 Å². The fraction of sp³-hybridized carbons (Fsp3) is 0.154. The highest BCUT2D eigenvalue weighted by atomic mass is 16.6. The van der Waals surface area contributed by atoms with Crippen LogP contribution in [0.15, 0.2) is 36.5 Å². The maximum Gasteiger partial charge on any atom is 0.272 e. The highest BCUT2D eigenvalue weighted by molar-refractivity contribution is 5.71. The van der Waals surface area contributed by atoms with E-state index in [1.807, 2.05) is 6.07 Å². The lowest BCUT2D eigenvalue weighted by molar-refractivity contribution is -0.385. The highest BCUT2D eigenvalue weighted by Gasteiger charge is 2.14. The molecule has 0 spiro atoms. The molecule has 18 heavy (non-hydrogen) atoms. The van der Waals surface area contributed by atoms with Crippen molar-refractivity contribution in [3.63, 3.8) is 0 Å². The lowest BCUT2D eigenvalue weighted by atomic mass is 10.0. The van der Waals surface area contributed by atoms with E-state index in [0.717, 1.165) is 11.1 Å². The summed E-state index contributed by atoms with van der Waals surface area (Å²) in [4.78, 5) is 14.5. The smallest absolute Gasteiger partial charge is 0.272 e. The standard InChI is InChI=1S/C13H12N2O3/c1-9-11(4-3-5-12(9)15(16)17)10-6-7-14-13(8-10)18-2/h3-8H,1-2H3. The van der Waals surface area contributed by atoms with Crippen molar-refractivity contribution in [3.8, 4) is 17.0 Å². The van der Waals surface area contributed by atoms with E-state index in [1.165, 1.54) is 13.2 Å². The third-order valence-electron chi connectivity index (χ3n) is 2.76. The summed E-state index contributed by atoms with van der Waals surface area (Å²) in [5.74, 6) is 0.485. The van der Waals surface area contributed by atoms with Crippen molar-refractivity contribution in [3.05, 3.63) is 52.2 Å². The summed E-state index contributed by atoms with van der Waals surface area (Å²) in [6, 6.07) is 8.57. The van der Waals surface area contributed by atoms with Crippen LogP contribution < -0.4 is 4.74 Å². The Kier molecular flexibility index (Phi) is 3.23. The summed E-state index contributed by atoms with van der Waals surface area (Å²) in [6.07, 6.45) is 1.62. The number of pyridine rings is 1. The van der Waals surface area contributed by atoms with Gasteiger partial charge in [0.1, 0.15) is 0 Å². The molecule has 0 saturated carbocycles. The summed E-state index contributed by atoms with van der Waals surface area (Å²) in [5.41, 5.74) is 2.41. The zero-order chi connectivity index (χ0) is 13.1. The Labute approximate surface area is 104 Å². The number of aromatic nitrogens is 1. The molecule has 0 unspecified atom stereocenters. The van der Waals surface area contributed by atoms with Crippen LogP contribution in [0.2, 0.25) is 0 Å². The lowest BCUT2D eigenvalue weighted by Gasteiger charge is -2.07. The van der Waals surface area contributed by atoms with Gasteiger partial charge in [0.05, 0.1) is 12.0 Å². The minimum Gasteiger partial charge on any atom is -0.481 e. The lowest BCUT2D eigenvalue weighted by Crippen LogP contribution is -1.94. The van der Waals surface area contributed by atoms with Crippen molar-refractivity contribution in [1.29, 1.82) is 0 Å². The molecule has 2 rings (SSSR count). The molecule has 0 radical (unpaired) electrons. The van der Waals surface area contributed by atoms with Crippen molar-refractivity contribution in [2.24, 2.45) is 0 Å². The minimum atomic E-state index is -0.378. The van der Waals surface area contributed by atoms with Crippen LogP contribution >= 0.6 is 0 Å². The van der Waals surface area contributed by atoms with E-state index in [2.05, 4.69) is 4.98 Å². The highest BCUT2D eigenvalue weighted by Crippen LogP contribution is 2.30. The first kappa shape index (κ1) is 12.0. The number of nitro groups is 1. The number of nitrogens with zero attached hydrogens (tertiary/aromatic N) is 2. The molecule has 5 nitrogen and oxygen atoms in total. The predicted molar refractivity (Wildman–Crippen MR) is 67.6 cm³/mol. The van der Waals surface area contributed by atoms with Crippen LogP contribution in [0.25, 0.3) is 11.1 Å². The molecule has 0 aliphatic rings. The first-order chi connectivity index (χ1) is 8.63. The van der Waals surface area contributed by atoms with E-state index < -0.39 is 0 Å². The number of rotatable bonds is 3. The van der Waals surface area contributed by atoms with E-state index in [4.69, 9.17) is 4.74 Å². The number of nitro benzene ring substituents is 1. The number of hydrogen-bond donors (Lipinski definition) is 0. The van der Waals surface area contributed by atoms with Crippen molar-refractivity contribution < 1.29 is 9.66 Å². The monoisotopic (exact) mass is 244 g/mol. The number of ether oxygens (including phenoxy) is 1. The van der Waals surface area contributed by atoms with E-state index in [-0.39, 0.29) is 10.6 Å². The van der Waals surface area contributed by atoms with Gasteiger partial charge in [-0.2, -0.15) is 0 Å². The Balaban J connectivity index is 2.57. The molecule has 1 aromatic heterocycles. The van der Waals surface area contributed by atoms with Gasteiger partial charge in [0.25, 0.3) is 5.69 Å². The van der Waals surface area contributed by atoms with Gasteiger partial charge in [-0.05, 0) is 24.1 Å². The normalized spacial score (nSPS) is 10.1. The second kappa shape index (κ2) is 4.83. The second-order valence-electron chi connectivity index (χ2n) is 3.79. The Morgan fingerprint density at radius 3 is 2.78 bits per heavy atom. The molecule has 2 aromatic rings. The third-order valence-corrected chi connectivity index (χ3v) is 2.76. The molecule has 1 heterocycles. The Morgan fingerprint density at radius 1 is 1.33 bits per heavy atom. The molecule has 0 amide bonds. The molecule has 92 valence electrons. The summed E-state index contributed by atoms with van der Waals surface area (Å²) < 4.78 is 5.05. The molecule has 0 fully saturated rings. The van der Waals surface area contributed by atoms with Gasteiger partial charge in [-0.15, -0.1) is 0 Å².